The number of hydrogen-bond acceptors (Lipinski definition) is 8. The number of nitrogen functional groups attached to an aromatic ring is 1. The highest BCUT2D eigenvalue weighted by Gasteiger charge is 2.49. The molecule has 2 aromatic carbocycles. The van der Waals surface area contributed by atoms with E-state index >= 15 is 0 Å². The minimum absolute atomic E-state index is 0.234. The van der Waals surface area contributed by atoms with Crippen LogP contribution in [-0.4, -0.2) is 39.8 Å². The first kappa shape index (κ1) is 22.2. The van der Waals surface area contributed by atoms with Crippen molar-refractivity contribution >= 4 is 17.8 Å². The van der Waals surface area contributed by atoms with Crippen LogP contribution in [0, 0.1) is 5.82 Å². The van der Waals surface area contributed by atoms with Crippen LogP contribution in [-0.2, 0) is 14.2 Å². The minimum Gasteiger partial charge on any atom is -0.452 e. The lowest BCUT2D eigenvalue weighted by Crippen LogP contribution is -2.41. The molecule has 0 spiro atoms. The first-order valence-electron chi connectivity index (χ1n) is 10.1. The molecule has 170 valence electrons. The molecule has 0 bridgehead atoms. The number of esters is 2. The van der Waals surface area contributed by atoms with Crippen molar-refractivity contribution in [3.05, 3.63) is 94.3 Å². The number of nitrogens with two attached hydrogens (primary N) is 1. The summed E-state index contributed by atoms with van der Waals surface area (Å²) in [6.07, 6.45) is -3.67. The van der Waals surface area contributed by atoms with E-state index in [-0.39, 0.29) is 11.1 Å². The number of benzene rings is 2. The van der Waals surface area contributed by atoms with E-state index in [4.69, 9.17) is 19.9 Å². The van der Waals surface area contributed by atoms with Gasteiger partial charge in [0.25, 0.3) is 0 Å². The van der Waals surface area contributed by atoms with Crippen molar-refractivity contribution in [2.45, 2.75) is 31.5 Å². The number of halogens is 1. The summed E-state index contributed by atoms with van der Waals surface area (Å²) in [6, 6.07) is 16.3. The van der Waals surface area contributed by atoms with Crippen LogP contribution in [0.2, 0.25) is 0 Å². The van der Waals surface area contributed by atoms with Crippen LogP contribution < -0.4 is 11.4 Å². The Morgan fingerprint density at radius 2 is 1.48 bits per heavy atom. The molecular formula is C23H20FN3O6. The van der Waals surface area contributed by atoms with Gasteiger partial charge in [0.2, 0.25) is 0 Å². The maximum atomic E-state index is 14.1. The summed E-state index contributed by atoms with van der Waals surface area (Å²) in [5.74, 6) is -2.94. The number of carbonyl (C=O) groups excluding carboxylic acids is 2. The third-order valence-corrected chi connectivity index (χ3v) is 5.14. The van der Waals surface area contributed by atoms with Crippen molar-refractivity contribution in [2.75, 3.05) is 5.73 Å². The Labute approximate surface area is 187 Å². The maximum absolute atomic E-state index is 14.1. The van der Waals surface area contributed by atoms with Crippen LogP contribution >= 0.6 is 0 Å². The molecule has 1 aliphatic heterocycles. The summed E-state index contributed by atoms with van der Waals surface area (Å²) >= 11 is 0. The van der Waals surface area contributed by atoms with E-state index < -0.39 is 53.8 Å². The molecule has 4 rings (SSSR count). The smallest absolute Gasteiger partial charge is 0.351 e. The van der Waals surface area contributed by atoms with Gasteiger partial charge in [-0.25, -0.2) is 18.8 Å². The van der Waals surface area contributed by atoms with E-state index in [0.717, 1.165) is 10.8 Å². The Morgan fingerprint density at radius 3 is 2.03 bits per heavy atom. The van der Waals surface area contributed by atoms with E-state index in [1.807, 2.05) is 0 Å². The number of ether oxygens (including phenoxy) is 3. The molecule has 1 aliphatic rings. The van der Waals surface area contributed by atoms with Gasteiger partial charge in [-0.3, -0.25) is 4.57 Å². The van der Waals surface area contributed by atoms with Crippen LogP contribution in [0.3, 0.4) is 0 Å². The topological polar surface area (TPSA) is 123 Å². The Morgan fingerprint density at radius 1 is 0.970 bits per heavy atom. The molecule has 33 heavy (non-hydrogen) atoms. The molecule has 1 fully saturated rings. The standard InChI is InChI=1S/C23H20FN3O6/c1-13-17(32-21(28)14-8-4-2-5-9-14)18(33-22(29)15-10-6-3-7-11-15)20(31-13)27-12-16(24)19(25)26-23(27)30/h2-13,17-18,20H,1H3,(H2,25,26,30)/t13-,17?,18?,20-/m1/s1. The lowest BCUT2D eigenvalue weighted by atomic mass is 10.1. The van der Waals surface area contributed by atoms with E-state index in [0.29, 0.717) is 0 Å². The zero-order valence-electron chi connectivity index (χ0n) is 17.5. The van der Waals surface area contributed by atoms with Gasteiger partial charge in [-0.05, 0) is 31.2 Å². The average Bonchev–Trinajstić information content (AvgIpc) is 3.12. The molecule has 3 aromatic rings. The number of aromatic nitrogens is 2. The van der Waals surface area contributed by atoms with Gasteiger partial charge in [0, 0.05) is 0 Å². The lowest BCUT2D eigenvalue weighted by molar-refractivity contribution is -0.0513. The fraction of sp³-hybridized carbons (Fsp3) is 0.217. The van der Waals surface area contributed by atoms with Gasteiger partial charge in [-0.15, -0.1) is 0 Å². The molecule has 0 amide bonds. The Balaban J connectivity index is 1.68. The summed E-state index contributed by atoms with van der Waals surface area (Å²) in [5, 5.41) is 0. The van der Waals surface area contributed by atoms with Crippen molar-refractivity contribution in [3.8, 4) is 0 Å². The zero-order valence-corrected chi connectivity index (χ0v) is 17.5. The first-order chi connectivity index (χ1) is 15.8. The predicted molar refractivity (Wildman–Crippen MR) is 114 cm³/mol. The van der Waals surface area contributed by atoms with Crippen molar-refractivity contribution in [2.24, 2.45) is 0 Å². The van der Waals surface area contributed by atoms with Crippen molar-refractivity contribution in [1.29, 1.82) is 0 Å². The number of rotatable bonds is 5. The third-order valence-electron chi connectivity index (χ3n) is 5.14. The molecule has 2 heterocycles. The second kappa shape index (κ2) is 9.21. The lowest BCUT2D eigenvalue weighted by Gasteiger charge is -2.24. The first-order valence-corrected chi connectivity index (χ1v) is 10.1. The fourth-order valence-corrected chi connectivity index (χ4v) is 3.49. The van der Waals surface area contributed by atoms with E-state index in [9.17, 15) is 18.8 Å². The maximum Gasteiger partial charge on any atom is 0.351 e. The van der Waals surface area contributed by atoms with Gasteiger partial charge in [-0.2, -0.15) is 4.98 Å². The van der Waals surface area contributed by atoms with Crippen LogP contribution in [0.1, 0.15) is 33.9 Å². The average molecular weight is 453 g/mol. The predicted octanol–water partition coefficient (Wildman–Crippen LogP) is 2.33. The Bertz CT molecular complexity index is 1220. The molecule has 2 unspecified atom stereocenters. The number of nitrogens with zero attached hydrogens (tertiary/aromatic N) is 2. The highest BCUT2D eigenvalue weighted by molar-refractivity contribution is 5.90. The third kappa shape index (κ3) is 4.60. The number of hydrogen-bond donors (Lipinski definition) is 1. The molecule has 10 heteroatoms. The highest BCUT2D eigenvalue weighted by Crippen LogP contribution is 2.34. The molecule has 9 nitrogen and oxygen atoms in total. The van der Waals surface area contributed by atoms with Gasteiger partial charge in [0.1, 0.15) is 0 Å². The van der Waals surface area contributed by atoms with E-state index in [2.05, 4.69) is 4.98 Å². The van der Waals surface area contributed by atoms with E-state index in [1.165, 1.54) is 12.1 Å². The highest BCUT2D eigenvalue weighted by atomic mass is 19.1. The summed E-state index contributed by atoms with van der Waals surface area (Å²) in [6.45, 7) is 1.58. The van der Waals surface area contributed by atoms with Crippen LogP contribution in [0.15, 0.2) is 71.7 Å². The van der Waals surface area contributed by atoms with Gasteiger partial charge >= 0.3 is 17.6 Å². The normalized spacial score (nSPS) is 22.0. The van der Waals surface area contributed by atoms with Crippen molar-refractivity contribution < 1.29 is 28.2 Å². The van der Waals surface area contributed by atoms with Crippen LogP contribution in [0.5, 0.6) is 0 Å². The van der Waals surface area contributed by atoms with Gasteiger partial charge in [0.15, 0.2) is 30.1 Å². The second-order valence-electron chi connectivity index (χ2n) is 7.37. The molecule has 0 saturated carbocycles. The summed E-state index contributed by atoms with van der Waals surface area (Å²) < 4.78 is 31.9. The molecular weight excluding hydrogens is 433 g/mol. The van der Waals surface area contributed by atoms with Gasteiger partial charge in [0.05, 0.1) is 23.4 Å². The Hall–Kier alpha value is -4.05. The summed E-state index contributed by atoms with van der Waals surface area (Å²) in [5.41, 5.74) is 4.97. The summed E-state index contributed by atoms with van der Waals surface area (Å²) in [4.78, 5) is 41.3. The van der Waals surface area contributed by atoms with Crippen LogP contribution in [0.25, 0.3) is 0 Å². The van der Waals surface area contributed by atoms with E-state index in [1.54, 1.807) is 55.5 Å². The largest absolute Gasteiger partial charge is 0.452 e. The van der Waals surface area contributed by atoms with Crippen molar-refractivity contribution in [1.82, 2.24) is 9.55 Å². The van der Waals surface area contributed by atoms with Crippen molar-refractivity contribution in [3.63, 3.8) is 0 Å². The molecule has 2 N–H and O–H groups in total. The molecule has 0 radical (unpaired) electrons. The monoisotopic (exact) mass is 453 g/mol. The molecule has 4 atom stereocenters. The minimum atomic E-state index is -1.31. The SMILES string of the molecule is C[C@H]1O[C@@H](n2cc(F)c(N)nc2=O)C(OC(=O)c2ccccc2)C1OC(=O)c1ccccc1. The van der Waals surface area contributed by atoms with Crippen LogP contribution in [0.4, 0.5) is 10.2 Å². The quantitative estimate of drug-likeness (QED) is 0.584. The number of carbonyl (C=O) groups is 2. The second-order valence-corrected chi connectivity index (χ2v) is 7.37. The number of anilines is 1. The summed E-state index contributed by atoms with van der Waals surface area (Å²) in [7, 11) is 0. The molecule has 0 aliphatic carbocycles. The Kier molecular flexibility index (Phi) is 6.18. The zero-order chi connectivity index (χ0) is 23.5. The fourth-order valence-electron chi connectivity index (χ4n) is 3.49. The van der Waals surface area contributed by atoms with Gasteiger partial charge in [-0.1, -0.05) is 36.4 Å². The van der Waals surface area contributed by atoms with Gasteiger partial charge < -0.3 is 19.9 Å². The molecule has 1 aromatic heterocycles. The molecule has 1 saturated heterocycles.